The van der Waals surface area contributed by atoms with Gasteiger partial charge in [-0.05, 0) is 0 Å². The second-order valence-electron chi connectivity index (χ2n) is 2.64. The van der Waals surface area contributed by atoms with Gasteiger partial charge in [-0.1, -0.05) is 0 Å². The van der Waals surface area contributed by atoms with Crippen molar-refractivity contribution in [2.24, 2.45) is 0 Å². The molecular formula is C8H10N2O4. The summed E-state index contributed by atoms with van der Waals surface area (Å²) in [6.07, 6.45) is 1.18. The summed E-state index contributed by atoms with van der Waals surface area (Å²) < 4.78 is 4.93. The Labute approximate surface area is 79.9 Å². The molecule has 0 aliphatic rings. The number of amides is 1. The molecule has 76 valence electrons. The summed E-state index contributed by atoms with van der Waals surface area (Å²) in [4.78, 5) is 25.1. The number of aryl methyl sites for hydroxylation is 1. The first-order valence-electron chi connectivity index (χ1n) is 4.02. The lowest BCUT2D eigenvalue weighted by molar-refractivity contribution is -0.136. The smallest absolute Gasteiger partial charge is 0.305 e. The molecule has 0 spiro atoms. The molecule has 14 heavy (non-hydrogen) atoms. The number of aromatic nitrogens is 1. The molecule has 0 radical (unpaired) electrons. The summed E-state index contributed by atoms with van der Waals surface area (Å²) in [6.45, 7) is 1.70. The number of carbonyl (C=O) groups is 2. The molecule has 1 heterocycles. The molecule has 0 bridgehead atoms. The average Bonchev–Trinajstić information content (AvgIpc) is 2.51. The van der Waals surface area contributed by atoms with Crippen molar-refractivity contribution >= 4 is 11.9 Å². The van der Waals surface area contributed by atoms with Gasteiger partial charge in [-0.15, -0.1) is 0 Å². The standard InChI is InChI=1S/C8H10N2O4/c1-5-10-4-6(14-5)8(13)9-3-2-7(11)12/h4H,2-3H2,1H3,(H,9,13)(H,11,12). The Kier molecular flexibility index (Phi) is 3.22. The number of nitrogens with one attached hydrogen (secondary N) is 1. The van der Waals surface area contributed by atoms with Gasteiger partial charge in [-0.2, -0.15) is 0 Å². The Morgan fingerprint density at radius 1 is 1.64 bits per heavy atom. The lowest BCUT2D eigenvalue weighted by Crippen LogP contribution is -2.25. The van der Waals surface area contributed by atoms with Crippen LogP contribution >= 0.6 is 0 Å². The zero-order valence-corrected chi connectivity index (χ0v) is 7.61. The number of hydrogen-bond donors (Lipinski definition) is 2. The van der Waals surface area contributed by atoms with Crippen LogP contribution in [0, 0.1) is 6.92 Å². The summed E-state index contributed by atoms with van der Waals surface area (Å²) in [6, 6.07) is 0. The molecule has 0 aliphatic heterocycles. The zero-order valence-electron chi connectivity index (χ0n) is 7.61. The van der Waals surface area contributed by atoms with Crippen molar-refractivity contribution in [3.05, 3.63) is 17.8 Å². The van der Waals surface area contributed by atoms with E-state index in [2.05, 4.69) is 10.3 Å². The van der Waals surface area contributed by atoms with Gasteiger partial charge in [0.15, 0.2) is 5.89 Å². The molecule has 1 amide bonds. The maximum atomic E-state index is 11.2. The molecule has 0 saturated carbocycles. The van der Waals surface area contributed by atoms with E-state index < -0.39 is 11.9 Å². The van der Waals surface area contributed by atoms with E-state index in [-0.39, 0.29) is 18.7 Å². The average molecular weight is 198 g/mol. The van der Waals surface area contributed by atoms with Crippen LogP contribution in [0.1, 0.15) is 22.9 Å². The van der Waals surface area contributed by atoms with Crippen molar-refractivity contribution in [2.75, 3.05) is 6.54 Å². The van der Waals surface area contributed by atoms with Crippen LogP contribution in [0.2, 0.25) is 0 Å². The number of nitrogens with zero attached hydrogens (tertiary/aromatic N) is 1. The van der Waals surface area contributed by atoms with E-state index in [1.165, 1.54) is 6.20 Å². The maximum Gasteiger partial charge on any atom is 0.305 e. The Bertz CT molecular complexity index is 345. The predicted octanol–water partition coefficient (Wildman–Crippen LogP) is 0.188. The minimum absolute atomic E-state index is 0.0773. The first-order valence-corrected chi connectivity index (χ1v) is 4.02. The summed E-state index contributed by atoms with van der Waals surface area (Å²) in [5.41, 5.74) is 0. The molecule has 0 unspecified atom stereocenters. The van der Waals surface area contributed by atoms with Crippen LogP contribution in [-0.2, 0) is 4.79 Å². The molecular weight excluding hydrogens is 188 g/mol. The summed E-state index contributed by atoms with van der Waals surface area (Å²) in [5, 5.41) is 10.7. The van der Waals surface area contributed by atoms with Gasteiger partial charge in [0.1, 0.15) is 0 Å². The Hall–Kier alpha value is -1.85. The van der Waals surface area contributed by atoms with Crippen molar-refractivity contribution < 1.29 is 19.1 Å². The van der Waals surface area contributed by atoms with Gasteiger partial charge in [0, 0.05) is 13.5 Å². The van der Waals surface area contributed by atoms with E-state index in [0.717, 1.165) is 0 Å². The predicted molar refractivity (Wildman–Crippen MR) is 45.8 cm³/mol. The van der Waals surface area contributed by atoms with Crippen LogP contribution in [0.15, 0.2) is 10.6 Å². The molecule has 0 atom stereocenters. The molecule has 6 nitrogen and oxygen atoms in total. The highest BCUT2D eigenvalue weighted by molar-refractivity contribution is 5.91. The number of carbonyl (C=O) groups excluding carboxylic acids is 1. The van der Waals surface area contributed by atoms with Gasteiger partial charge in [0.25, 0.3) is 5.91 Å². The SMILES string of the molecule is Cc1ncc(C(=O)NCCC(=O)O)o1. The van der Waals surface area contributed by atoms with E-state index in [0.29, 0.717) is 5.89 Å². The molecule has 0 fully saturated rings. The van der Waals surface area contributed by atoms with Crippen molar-refractivity contribution in [3.8, 4) is 0 Å². The summed E-state index contributed by atoms with van der Waals surface area (Å²) in [7, 11) is 0. The first kappa shape index (κ1) is 10.2. The van der Waals surface area contributed by atoms with E-state index in [9.17, 15) is 9.59 Å². The minimum atomic E-state index is -0.959. The van der Waals surface area contributed by atoms with E-state index in [1.54, 1.807) is 6.92 Å². The second-order valence-corrected chi connectivity index (χ2v) is 2.64. The van der Waals surface area contributed by atoms with Crippen molar-refractivity contribution in [1.82, 2.24) is 10.3 Å². The Morgan fingerprint density at radius 2 is 2.36 bits per heavy atom. The summed E-state index contributed by atoms with van der Waals surface area (Å²) >= 11 is 0. The van der Waals surface area contributed by atoms with Crippen LogP contribution in [0.25, 0.3) is 0 Å². The van der Waals surface area contributed by atoms with Gasteiger partial charge < -0.3 is 14.8 Å². The molecule has 2 N–H and O–H groups in total. The number of carboxylic acids is 1. The van der Waals surface area contributed by atoms with Gasteiger partial charge in [-0.3, -0.25) is 9.59 Å². The third-order valence-electron chi connectivity index (χ3n) is 1.47. The molecule has 0 saturated heterocycles. The molecule has 1 rings (SSSR count). The lowest BCUT2D eigenvalue weighted by Gasteiger charge is -1.98. The van der Waals surface area contributed by atoms with E-state index in [1.807, 2.05) is 0 Å². The third kappa shape index (κ3) is 2.89. The topological polar surface area (TPSA) is 92.4 Å². The Morgan fingerprint density at radius 3 is 2.86 bits per heavy atom. The van der Waals surface area contributed by atoms with Crippen molar-refractivity contribution in [3.63, 3.8) is 0 Å². The Balaban J connectivity index is 2.39. The summed E-state index contributed by atoms with van der Waals surface area (Å²) in [5.74, 6) is -0.924. The van der Waals surface area contributed by atoms with E-state index in [4.69, 9.17) is 9.52 Å². The third-order valence-corrected chi connectivity index (χ3v) is 1.47. The highest BCUT2D eigenvalue weighted by Crippen LogP contribution is 2.01. The lowest BCUT2D eigenvalue weighted by atomic mass is 10.4. The largest absolute Gasteiger partial charge is 0.481 e. The molecule has 0 aliphatic carbocycles. The van der Waals surface area contributed by atoms with Gasteiger partial charge in [0.2, 0.25) is 5.76 Å². The number of aliphatic carboxylic acids is 1. The fourth-order valence-electron chi connectivity index (χ4n) is 0.836. The van der Waals surface area contributed by atoms with Gasteiger partial charge in [0.05, 0.1) is 12.6 Å². The molecule has 0 aromatic carbocycles. The van der Waals surface area contributed by atoms with Crippen LogP contribution in [-0.4, -0.2) is 28.5 Å². The van der Waals surface area contributed by atoms with Gasteiger partial charge in [-0.25, -0.2) is 4.98 Å². The highest BCUT2D eigenvalue weighted by Gasteiger charge is 2.10. The van der Waals surface area contributed by atoms with Crippen LogP contribution in [0.3, 0.4) is 0 Å². The highest BCUT2D eigenvalue weighted by atomic mass is 16.4. The van der Waals surface area contributed by atoms with Crippen molar-refractivity contribution in [2.45, 2.75) is 13.3 Å². The van der Waals surface area contributed by atoms with Crippen LogP contribution in [0.4, 0.5) is 0 Å². The fraction of sp³-hybridized carbons (Fsp3) is 0.375. The number of hydrogen-bond acceptors (Lipinski definition) is 4. The van der Waals surface area contributed by atoms with E-state index >= 15 is 0 Å². The monoisotopic (exact) mass is 198 g/mol. The first-order chi connectivity index (χ1) is 6.59. The number of oxazole rings is 1. The van der Waals surface area contributed by atoms with Gasteiger partial charge >= 0.3 is 5.97 Å². The second kappa shape index (κ2) is 4.40. The zero-order chi connectivity index (χ0) is 10.6. The normalized spacial score (nSPS) is 9.79. The molecule has 1 aromatic rings. The number of rotatable bonds is 4. The number of carboxylic acid groups (broad SMARTS) is 1. The molecule has 1 aromatic heterocycles. The van der Waals surface area contributed by atoms with Crippen LogP contribution in [0.5, 0.6) is 0 Å². The van der Waals surface area contributed by atoms with Crippen LogP contribution < -0.4 is 5.32 Å². The quantitative estimate of drug-likeness (QED) is 0.720. The fourth-order valence-corrected chi connectivity index (χ4v) is 0.836. The minimum Gasteiger partial charge on any atom is -0.481 e. The molecule has 6 heteroatoms. The van der Waals surface area contributed by atoms with Crippen molar-refractivity contribution in [1.29, 1.82) is 0 Å². The maximum absolute atomic E-state index is 11.2.